The van der Waals surface area contributed by atoms with Crippen LogP contribution in [0.15, 0.2) is 23.0 Å². The minimum Gasteiger partial charge on any atom is -0.348 e. The number of hydrogen-bond acceptors (Lipinski definition) is 4. The fourth-order valence-electron chi connectivity index (χ4n) is 2.63. The van der Waals surface area contributed by atoms with Gasteiger partial charge in [-0.05, 0) is 25.0 Å². The summed E-state index contributed by atoms with van der Waals surface area (Å²) in [5.74, 6) is -0.0616. The number of aromatic nitrogens is 4. The third-order valence-corrected chi connectivity index (χ3v) is 3.86. The number of H-pyrrole nitrogens is 1. The molecule has 2 aromatic heterocycles. The van der Waals surface area contributed by atoms with Gasteiger partial charge in [0.2, 0.25) is 0 Å². The Bertz CT molecular complexity index is 811. The van der Waals surface area contributed by atoms with Crippen LogP contribution >= 0.6 is 0 Å². The second kappa shape index (κ2) is 6.10. The number of aromatic amines is 1. The summed E-state index contributed by atoms with van der Waals surface area (Å²) in [6, 6.07) is 2.92. The molecule has 0 fully saturated rings. The monoisotopic (exact) mass is 341 g/mol. The van der Waals surface area contributed by atoms with Crippen LogP contribution in [0.2, 0.25) is 0 Å². The number of carbonyl (C=O) groups excluding carboxylic acids is 1. The molecule has 1 aliphatic rings. The largest absolute Gasteiger partial charge is 0.433 e. The second-order valence-electron chi connectivity index (χ2n) is 5.50. The van der Waals surface area contributed by atoms with E-state index in [1.165, 1.54) is 10.6 Å². The van der Waals surface area contributed by atoms with E-state index in [-0.39, 0.29) is 17.4 Å². The van der Waals surface area contributed by atoms with E-state index in [0.29, 0.717) is 31.6 Å². The molecule has 0 aliphatic carbocycles. The molecule has 0 saturated carbocycles. The van der Waals surface area contributed by atoms with E-state index in [9.17, 15) is 22.8 Å². The highest BCUT2D eigenvalue weighted by Gasteiger charge is 2.33. The predicted octanol–water partition coefficient (Wildman–Crippen LogP) is 1.12. The summed E-state index contributed by atoms with van der Waals surface area (Å²) in [6.45, 7) is 0.381. The molecule has 1 atom stereocenters. The highest BCUT2D eigenvalue weighted by Crippen LogP contribution is 2.27. The molecule has 0 aromatic carbocycles. The molecular weight excluding hydrogens is 327 g/mol. The maximum atomic E-state index is 12.7. The quantitative estimate of drug-likeness (QED) is 0.856. The standard InChI is InChI=1S/C14H14F3N5O2/c15-14(16,17)10-3-1-2-9(19-10)12(23)18-8-4-5-11-20-21-13(24)22(11)7-6-8/h1-3,8H,4-7H2,(H,18,23)(H,21,24). The van der Waals surface area contributed by atoms with Crippen LogP contribution in [0.3, 0.4) is 0 Å². The fourth-order valence-corrected chi connectivity index (χ4v) is 2.63. The summed E-state index contributed by atoms with van der Waals surface area (Å²) in [4.78, 5) is 27.1. The number of nitrogens with zero attached hydrogens (tertiary/aromatic N) is 3. The summed E-state index contributed by atoms with van der Waals surface area (Å²) in [6.07, 6.45) is -3.10. The Morgan fingerprint density at radius 2 is 2.12 bits per heavy atom. The number of alkyl halides is 3. The van der Waals surface area contributed by atoms with Crippen LogP contribution in [-0.4, -0.2) is 31.7 Å². The van der Waals surface area contributed by atoms with Crippen LogP contribution < -0.4 is 11.0 Å². The van der Waals surface area contributed by atoms with Crippen LogP contribution in [0.5, 0.6) is 0 Å². The highest BCUT2D eigenvalue weighted by atomic mass is 19.4. The zero-order valence-electron chi connectivity index (χ0n) is 12.4. The summed E-state index contributed by atoms with van der Waals surface area (Å²) in [5.41, 5.74) is -1.70. The van der Waals surface area contributed by atoms with Crippen molar-refractivity contribution in [3.8, 4) is 0 Å². The van der Waals surface area contributed by atoms with Gasteiger partial charge in [0.05, 0.1) is 0 Å². The topological polar surface area (TPSA) is 92.7 Å². The second-order valence-corrected chi connectivity index (χ2v) is 5.50. The molecule has 0 bridgehead atoms. The first-order chi connectivity index (χ1) is 11.3. The Morgan fingerprint density at radius 3 is 2.88 bits per heavy atom. The number of amides is 1. The lowest BCUT2D eigenvalue weighted by Crippen LogP contribution is -2.36. The van der Waals surface area contributed by atoms with E-state index in [1.807, 2.05) is 0 Å². The number of halogens is 3. The summed E-state index contributed by atoms with van der Waals surface area (Å²) in [5, 5.41) is 8.94. The van der Waals surface area contributed by atoms with Crippen molar-refractivity contribution in [2.24, 2.45) is 0 Å². The zero-order valence-corrected chi connectivity index (χ0v) is 12.4. The number of nitrogens with one attached hydrogen (secondary N) is 2. The summed E-state index contributed by atoms with van der Waals surface area (Å²) >= 11 is 0. The number of carbonyl (C=O) groups is 1. The molecular formula is C14H14F3N5O2. The maximum absolute atomic E-state index is 12.7. The van der Waals surface area contributed by atoms with Crippen LogP contribution in [-0.2, 0) is 19.1 Å². The third kappa shape index (κ3) is 3.31. The predicted molar refractivity (Wildman–Crippen MR) is 76.3 cm³/mol. The minimum atomic E-state index is -4.60. The molecule has 7 nitrogen and oxygen atoms in total. The van der Waals surface area contributed by atoms with Crippen molar-refractivity contribution in [3.05, 3.63) is 45.9 Å². The van der Waals surface area contributed by atoms with E-state index in [1.54, 1.807) is 0 Å². The molecule has 3 rings (SSSR count). The Labute approximate surface area is 133 Å². The van der Waals surface area contributed by atoms with E-state index in [2.05, 4.69) is 20.5 Å². The average Bonchev–Trinajstić information content (AvgIpc) is 2.76. The molecule has 3 heterocycles. The molecule has 0 radical (unpaired) electrons. The van der Waals surface area contributed by atoms with Gasteiger partial charge < -0.3 is 5.32 Å². The Kier molecular flexibility index (Phi) is 4.12. The smallest absolute Gasteiger partial charge is 0.348 e. The average molecular weight is 341 g/mol. The lowest BCUT2D eigenvalue weighted by Gasteiger charge is -2.16. The van der Waals surface area contributed by atoms with E-state index < -0.39 is 17.8 Å². The van der Waals surface area contributed by atoms with Crippen molar-refractivity contribution in [1.29, 1.82) is 0 Å². The molecule has 2 aromatic rings. The van der Waals surface area contributed by atoms with Crippen molar-refractivity contribution < 1.29 is 18.0 Å². The highest BCUT2D eigenvalue weighted by molar-refractivity contribution is 5.92. The first-order valence-electron chi connectivity index (χ1n) is 7.34. The number of fused-ring (bicyclic) bond motifs is 1. The van der Waals surface area contributed by atoms with Gasteiger partial charge in [-0.3, -0.25) is 9.36 Å². The zero-order chi connectivity index (χ0) is 17.3. The molecule has 128 valence electrons. The first kappa shape index (κ1) is 16.2. The Balaban J connectivity index is 1.69. The number of hydrogen-bond donors (Lipinski definition) is 2. The van der Waals surface area contributed by atoms with Crippen molar-refractivity contribution in [1.82, 2.24) is 25.1 Å². The number of rotatable bonds is 2. The van der Waals surface area contributed by atoms with Crippen LogP contribution in [0.4, 0.5) is 13.2 Å². The normalized spacial score (nSPS) is 17.9. The molecule has 24 heavy (non-hydrogen) atoms. The molecule has 1 amide bonds. The maximum Gasteiger partial charge on any atom is 0.433 e. The van der Waals surface area contributed by atoms with Crippen LogP contribution in [0, 0.1) is 0 Å². The molecule has 0 saturated heterocycles. The minimum absolute atomic E-state index is 0.269. The van der Waals surface area contributed by atoms with E-state index in [4.69, 9.17) is 0 Å². The van der Waals surface area contributed by atoms with Gasteiger partial charge in [-0.1, -0.05) is 6.07 Å². The molecule has 0 spiro atoms. The molecule has 1 aliphatic heterocycles. The summed E-state index contributed by atoms with van der Waals surface area (Å²) in [7, 11) is 0. The number of aryl methyl sites for hydroxylation is 1. The van der Waals surface area contributed by atoms with Gasteiger partial charge in [0, 0.05) is 19.0 Å². The lowest BCUT2D eigenvalue weighted by atomic mass is 10.1. The third-order valence-electron chi connectivity index (χ3n) is 3.86. The van der Waals surface area contributed by atoms with Gasteiger partial charge >= 0.3 is 11.9 Å². The molecule has 10 heteroatoms. The van der Waals surface area contributed by atoms with Crippen LogP contribution in [0.25, 0.3) is 0 Å². The van der Waals surface area contributed by atoms with Gasteiger partial charge in [-0.15, -0.1) is 0 Å². The summed E-state index contributed by atoms with van der Waals surface area (Å²) < 4.78 is 39.5. The van der Waals surface area contributed by atoms with Crippen molar-refractivity contribution >= 4 is 5.91 Å². The van der Waals surface area contributed by atoms with Crippen molar-refractivity contribution in [3.63, 3.8) is 0 Å². The Morgan fingerprint density at radius 1 is 1.33 bits per heavy atom. The van der Waals surface area contributed by atoms with Gasteiger partial charge in [-0.2, -0.15) is 18.3 Å². The van der Waals surface area contributed by atoms with E-state index in [0.717, 1.165) is 12.1 Å². The fraction of sp³-hybridized carbons (Fsp3) is 0.429. The SMILES string of the molecule is O=C(NC1CCc2n[nH]c(=O)n2CC1)c1cccc(C(F)(F)F)n1. The van der Waals surface area contributed by atoms with Crippen molar-refractivity contribution in [2.45, 2.75) is 38.0 Å². The van der Waals surface area contributed by atoms with Gasteiger partial charge in [0.25, 0.3) is 5.91 Å². The van der Waals surface area contributed by atoms with E-state index >= 15 is 0 Å². The molecule has 2 N–H and O–H groups in total. The molecule has 1 unspecified atom stereocenters. The van der Waals surface area contributed by atoms with Crippen LogP contribution in [0.1, 0.15) is 34.8 Å². The van der Waals surface area contributed by atoms with Gasteiger partial charge in [0.15, 0.2) is 0 Å². The number of pyridine rings is 1. The Hall–Kier alpha value is -2.65. The van der Waals surface area contributed by atoms with Crippen molar-refractivity contribution in [2.75, 3.05) is 0 Å². The first-order valence-corrected chi connectivity index (χ1v) is 7.34. The lowest BCUT2D eigenvalue weighted by molar-refractivity contribution is -0.141. The van der Waals surface area contributed by atoms with Gasteiger partial charge in [0.1, 0.15) is 17.2 Å². The van der Waals surface area contributed by atoms with Gasteiger partial charge in [-0.25, -0.2) is 14.9 Å².